The molecule has 4 rings (SSSR count). The number of hydrogen-bond donors (Lipinski definition) is 2. The van der Waals surface area contributed by atoms with Gasteiger partial charge in [0.2, 0.25) is 5.91 Å². The number of carbonyl (C=O) groups excluding carboxylic acids is 2. The van der Waals surface area contributed by atoms with E-state index in [-0.39, 0.29) is 30.2 Å². The molecule has 8 nitrogen and oxygen atoms in total. The van der Waals surface area contributed by atoms with Crippen molar-refractivity contribution in [2.24, 2.45) is 5.92 Å². The Balaban J connectivity index is 1.44. The van der Waals surface area contributed by atoms with Crippen molar-refractivity contribution in [3.63, 3.8) is 0 Å². The first-order valence-electron chi connectivity index (χ1n) is 11.9. The smallest absolute Gasteiger partial charge is 0.251 e. The Hall–Kier alpha value is -3.33. The van der Waals surface area contributed by atoms with Crippen molar-refractivity contribution in [1.29, 1.82) is 0 Å². The lowest BCUT2D eigenvalue weighted by atomic mass is 9.86. The van der Waals surface area contributed by atoms with E-state index in [2.05, 4.69) is 27.8 Å². The molecule has 1 fully saturated rings. The van der Waals surface area contributed by atoms with E-state index in [9.17, 15) is 9.59 Å². The number of amides is 2. The van der Waals surface area contributed by atoms with Gasteiger partial charge in [-0.25, -0.2) is 0 Å². The van der Waals surface area contributed by atoms with Crippen LogP contribution in [0.25, 0.3) is 5.69 Å². The summed E-state index contributed by atoms with van der Waals surface area (Å²) in [5.74, 6) is 1.82. The fraction of sp³-hybridized carbons (Fsp3) is 0.385. The van der Waals surface area contributed by atoms with Gasteiger partial charge in [0.25, 0.3) is 5.91 Å². The molecule has 2 aromatic carbocycles. The molecule has 3 aromatic rings. The van der Waals surface area contributed by atoms with Crippen molar-refractivity contribution in [2.75, 3.05) is 12.9 Å². The van der Waals surface area contributed by atoms with Gasteiger partial charge >= 0.3 is 0 Å². The molecule has 0 unspecified atom stereocenters. The number of thioether (sulfide) groups is 1. The molecule has 0 aliphatic heterocycles. The number of nitrogens with one attached hydrogen (secondary N) is 2. The van der Waals surface area contributed by atoms with Crippen LogP contribution in [0.3, 0.4) is 0 Å². The van der Waals surface area contributed by atoms with Gasteiger partial charge in [-0.05, 0) is 55.2 Å². The molecule has 9 heteroatoms. The van der Waals surface area contributed by atoms with E-state index < -0.39 is 0 Å². The summed E-state index contributed by atoms with van der Waals surface area (Å²) in [6.45, 7) is 2.40. The predicted octanol–water partition coefficient (Wildman–Crippen LogP) is 3.99. The second-order valence-corrected chi connectivity index (χ2v) is 9.65. The van der Waals surface area contributed by atoms with Crippen LogP contribution in [0.1, 0.15) is 48.8 Å². The SMILES string of the molecule is COc1ccc(C(=O)NCc2nnc(SCC(=O)N[C@H]3CCCC[C@@H]3C)n2-c2ccccc2)cc1. The number of hydrogen-bond acceptors (Lipinski definition) is 6. The quantitative estimate of drug-likeness (QED) is 0.438. The van der Waals surface area contributed by atoms with Gasteiger partial charge in [-0.2, -0.15) is 0 Å². The lowest BCUT2D eigenvalue weighted by Gasteiger charge is -2.29. The van der Waals surface area contributed by atoms with Crippen LogP contribution in [0.4, 0.5) is 0 Å². The van der Waals surface area contributed by atoms with Crippen molar-refractivity contribution in [3.05, 3.63) is 66.0 Å². The average molecular weight is 494 g/mol. The second-order valence-electron chi connectivity index (χ2n) is 8.71. The molecule has 0 bridgehead atoms. The highest BCUT2D eigenvalue weighted by Crippen LogP contribution is 2.25. The Kier molecular flexibility index (Phi) is 8.41. The van der Waals surface area contributed by atoms with Crippen LogP contribution in [-0.2, 0) is 11.3 Å². The van der Waals surface area contributed by atoms with Crippen molar-refractivity contribution >= 4 is 23.6 Å². The molecular formula is C26H31N5O3S. The van der Waals surface area contributed by atoms with E-state index in [1.165, 1.54) is 18.2 Å². The highest BCUT2D eigenvalue weighted by molar-refractivity contribution is 7.99. The lowest BCUT2D eigenvalue weighted by Crippen LogP contribution is -2.41. The molecule has 2 amide bonds. The predicted molar refractivity (Wildman–Crippen MR) is 136 cm³/mol. The van der Waals surface area contributed by atoms with Crippen molar-refractivity contribution in [3.8, 4) is 11.4 Å². The number of para-hydroxylation sites is 1. The third-order valence-electron chi connectivity index (χ3n) is 6.26. The maximum Gasteiger partial charge on any atom is 0.251 e. The van der Waals surface area contributed by atoms with Crippen LogP contribution in [0, 0.1) is 5.92 Å². The van der Waals surface area contributed by atoms with Crippen LogP contribution in [0.15, 0.2) is 59.8 Å². The molecule has 0 saturated heterocycles. The summed E-state index contributed by atoms with van der Waals surface area (Å²) in [7, 11) is 1.58. The van der Waals surface area contributed by atoms with Gasteiger partial charge in [-0.3, -0.25) is 14.2 Å². The summed E-state index contributed by atoms with van der Waals surface area (Å²) in [5, 5.41) is 15.3. The minimum atomic E-state index is -0.217. The number of ether oxygens (including phenoxy) is 1. The number of methoxy groups -OCH3 is 1. The largest absolute Gasteiger partial charge is 0.497 e. The third kappa shape index (κ3) is 6.42. The second kappa shape index (κ2) is 11.9. The summed E-state index contributed by atoms with van der Waals surface area (Å²) >= 11 is 1.35. The first kappa shape index (κ1) is 24.8. The summed E-state index contributed by atoms with van der Waals surface area (Å²) in [4.78, 5) is 25.3. The topological polar surface area (TPSA) is 98.1 Å². The Morgan fingerprint density at radius 2 is 1.80 bits per heavy atom. The standard InChI is InChI=1S/C26H31N5O3S/c1-18-8-6-7-11-22(18)28-24(32)17-35-26-30-29-23(31(26)20-9-4-3-5-10-20)16-27-25(33)19-12-14-21(34-2)15-13-19/h3-5,9-10,12-15,18,22H,6-8,11,16-17H2,1-2H3,(H,27,33)(H,28,32)/t18-,22-/m0/s1. The Labute approximate surface area is 209 Å². The zero-order valence-corrected chi connectivity index (χ0v) is 20.9. The molecule has 2 N–H and O–H groups in total. The van der Waals surface area contributed by atoms with Gasteiger partial charge in [0, 0.05) is 17.3 Å². The fourth-order valence-corrected chi connectivity index (χ4v) is 5.04. The van der Waals surface area contributed by atoms with Gasteiger partial charge in [-0.15, -0.1) is 10.2 Å². The molecule has 0 spiro atoms. The van der Waals surface area contributed by atoms with Crippen LogP contribution in [0.5, 0.6) is 5.75 Å². The van der Waals surface area contributed by atoms with E-state index >= 15 is 0 Å². The number of benzene rings is 2. The monoisotopic (exact) mass is 493 g/mol. The molecule has 1 aliphatic rings. The fourth-order valence-electron chi connectivity index (χ4n) is 4.26. The summed E-state index contributed by atoms with van der Waals surface area (Å²) < 4.78 is 7.03. The molecule has 1 saturated carbocycles. The minimum absolute atomic E-state index is 0.00530. The van der Waals surface area contributed by atoms with Gasteiger partial charge in [0.1, 0.15) is 5.75 Å². The van der Waals surface area contributed by atoms with Gasteiger partial charge in [0.05, 0.1) is 19.4 Å². The van der Waals surface area contributed by atoms with Crippen LogP contribution >= 0.6 is 11.8 Å². The lowest BCUT2D eigenvalue weighted by molar-refractivity contribution is -0.119. The third-order valence-corrected chi connectivity index (χ3v) is 7.19. The van der Waals surface area contributed by atoms with Gasteiger partial charge < -0.3 is 15.4 Å². The molecule has 1 aromatic heterocycles. The zero-order chi connectivity index (χ0) is 24.6. The highest BCUT2D eigenvalue weighted by atomic mass is 32.2. The summed E-state index contributed by atoms with van der Waals surface area (Å²) in [5.41, 5.74) is 1.40. The number of aromatic nitrogens is 3. The molecule has 35 heavy (non-hydrogen) atoms. The van der Waals surface area contributed by atoms with E-state index in [1.807, 2.05) is 34.9 Å². The summed E-state index contributed by atoms with van der Waals surface area (Å²) in [6, 6.07) is 16.9. The van der Waals surface area contributed by atoms with Crippen LogP contribution < -0.4 is 15.4 Å². The van der Waals surface area contributed by atoms with Gasteiger partial charge in [0.15, 0.2) is 11.0 Å². The molecule has 1 heterocycles. The van der Waals surface area contributed by atoms with Crippen molar-refractivity contribution in [1.82, 2.24) is 25.4 Å². The first-order chi connectivity index (χ1) is 17.0. The Morgan fingerprint density at radius 3 is 2.51 bits per heavy atom. The maximum atomic E-state index is 12.6. The minimum Gasteiger partial charge on any atom is -0.497 e. The molecule has 1 aliphatic carbocycles. The van der Waals surface area contributed by atoms with Crippen molar-refractivity contribution < 1.29 is 14.3 Å². The van der Waals surface area contributed by atoms with Crippen LogP contribution in [-0.4, -0.2) is 45.5 Å². The van der Waals surface area contributed by atoms with E-state index in [0.717, 1.165) is 24.9 Å². The molecule has 184 valence electrons. The number of nitrogens with zero attached hydrogens (tertiary/aromatic N) is 3. The van der Waals surface area contributed by atoms with E-state index in [0.29, 0.717) is 28.2 Å². The molecule has 0 radical (unpaired) electrons. The highest BCUT2D eigenvalue weighted by Gasteiger charge is 2.23. The Morgan fingerprint density at radius 1 is 1.06 bits per heavy atom. The van der Waals surface area contributed by atoms with E-state index in [1.54, 1.807) is 31.4 Å². The van der Waals surface area contributed by atoms with Crippen molar-refractivity contribution in [2.45, 2.75) is 50.4 Å². The Bertz CT molecular complexity index is 1130. The zero-order valence-electron chi connectivity index (χ0n) is 20.1. The molecule has 2 atom stereocenters. The number of carbonyl (C=O) groups is 2. The number of rotatable bonds is 9. The molecular weight excluding hydrogens is 462 g/mol. The van der Waals surface area contributed by atoms with E-state index in [4.69, 9.17) is 4.74 Å². The normalized spacial score (nSPS) is 17.5. The summed E-state index contributed by atoms with van der Waals surface area (Å²) in [6.07, 6.45) is 4.60. The average Bonchev–Trinajstić information content (AvgIpc) is 3.30. The first-order valence-corrected chi connectivity index (χ1v) is 12.9. The maximum absolute atomic E-state index is 12.6. The van der Waals surface area contributed by atoms with Gasteiger partial charge in [-0.1, -0.05) is 49.7 Å². The van der Waals surface area contributed by atoms with Crippen LogP contribution in [0.2, 0.25) is 0 Å².